The molecular weight excluding hydrogens is 240 g/mol. The van der Waals surface area contributed by atoms with E-state index < -0.39 is 0 Å². The van der Waals surface area contributed by atoms with Gasteiger partial charge in [-0.25, -0.2) is 0 Å². The molecule has 1 aromatic carbocycles. The van der Waals surface area contributed by atoms with E-state index in [9.17, 15) is 4.79 Å². The van der Waals surface area contributed by atoms with Crippen molar-refractivity contribution in [1.82, 2.24) is 5.32 Å². The highest BCUT2D eigenvalue weighted by Gasteiger charge is 2.13. The second kappa shape index (κ2) is 6.47. The van der Waals surface area contributed by atoms with E-state index in [2.05, 4.69) is 5.32 Å². The van der Waals surface area contributed by atoms with E-state index in [1.165, 1.54) is 0 Å². The van der Waals surface area contributed by atoms with E-state index in [1.807, 2.05) is 13.8 Å². The summed E-state index contributed by atoms with van der Waals surface area (Å²) < 4.78 is 5.55. The third-order valence-electron chi connectivity index (χ3n) is 1.98. The lowest BCUT2D eigenvalue weighted by Crippen LogP contribution is -2.29. The van der Waals surface area contributed by atoms with E-state index in [-0.39, 0.29) is 12.0 Å². The zero-order valence-electron chi connectivity index (χ0n) is 10.00. The second-order valence-electron chi connectivity index (χ2n) is 3.85. The molecule has 17 heavy (non-hydrogen) atoms. The normalized spacial score (nSPS) is 10.4. The molecule has 0 spiro atoms. The zero-order chi connectivity index (χ0) is 12.8. The fourth-order valence-corrected chi connectivity index (χ4v) is 1.49. The van der Waals surface area contributed by atoms with Crippen LogP contribution in [-0.2, 0) is 0 Å². The Kier molecular flexibility index (Phi) is 5.25. The van der Waals surface area contributed by atoms with Crippen molar-refractivity contribution in [3.05, 3.63) is 28.8 Å². The molecule has 5 heteroatoms. The van der Waals surface area contributed by atoms with Gasteiger partial charge in [0.25, 0.3) is 5.91 Å². The molecule has 0 aromatic heterocycles. The first-order valence-electron chi connectivity index (χ1n) is 5.49. The quantitative estimate of drug-likeness (QED) is 0.845. The minimum absolute atomic E-state index is 0.00256. The lowest BCUT2D eigenvalue weighted by Gasteiger charge is -2.14. The maximum atomic E-state index is 11.9. The van der Waals surface area contributed by atoms with Crippen molar-refractivity contribution in [2.45, 2.75) is 20.0 Å². The Morgan fingerprint density at radius 2 is 2.24 bits per heavy atom. The van der Waals surface area contributed by atoms with Crippen LogP contribution in [0.3, 0.4) is 0 Å². The molecule has 0 saturated heterocycles. The summed E-state index contributed by atoms with van der Waals surface area (Å²) in [5, 5.41) is 3.19. The number of ether oxygens (including phenoxy) is 1. The molecule has 0 aliphatic rings. The predicted molar refractivity (Wildman–Crippen MR) is 68.6 cm³/mol. The van der Waals surface area contributed by atoms with Gasteiger partial charge in [0.2, 0.25) is 0 Å². The Morgan fingerprint density at radius 1 is 1.53 bits per heavy atom. The van der Waals surface area contributed by atoms with Gasteiger partial charge in [-0.1, -0.05) is 11.6 Å². The van der Waals surface area contributed by atoms with Crippen LogP contribution in [0.5, 0.6) is 5.75 Å². The fourth-order valence-electron chi connectivity index (χ4n) is 1.32. The molecule has 1 amide bonds. The topological polar surface area (TPSA) is 64.3 Å². The number of amides is 1. The van der Waals surface area contributed by atoms with E-state index in [1.54, 1.807) is 18.2 Å². The highest BCUT2D eigenvalue weighted by atomic mass is 35.5. The summed E-state index contributed by atoms with van der Waals surface area (Å²) in [6, 6.07) is 4.98. The standard InChI is InChI=1S/C12H17ClN2O2/c1-8(2)17-11-4-3-9(13)7-10(11)12(16)15-6-5-14/h3-4,7-8H,5-6,14H2,1-2H3,(H,15,16). The fraction of sp³-hybridized carbons (Fsp3) is 0.417. The lowest BCUT2D eigenvalue weighted by molar-refractivity contribution is 0.0949. The average Bonchev–Trinajstić information content (AvgIpc) is 2.27. The van der Waals surface area contributed by atoms with Crippen LogP contribution in [-0.4, -0.2) is 25.1 Å². The average molecular weight is 257 g/mol. The largest absolute Gasteiger partial charge is 0.490 e. The molecule has 0 heterocycles. The molecule has 0 unspecified atom stereocenters. The molecule has 4 nitrogen and oxygen atoms in total. The van der Waals surface area contributed by atoms with E-state index >= 15 is 0 Å². The first-order chi connectivity index (χ1) is 8.04. The molecule has 1 rings (SSSR count). The number of nitrogens with two attached hydrogens (primary N) is 1. The molecule has 0 fully saturated rings. The minimum atomic E-state index is -0.228. The number of hydrogen-bond acceptors (Lipinski definition) is 3. The smallest absolute Gasteiger partial charge is 0.255 e. The molecule has 0 atom stereocenters. The Bertz CT molecular complexity index is 394. The summed E-state index contributed by atoms with van der Waals surface area (Å²) >= 11 is 5.87. The van der Waals surface area contributed by atoms with Crippen LogP contribution in [0.15, 0.2) is 18.2 Å². The van der Waals surface area contributed by atoms with Gasteiger partial charge in [0.15, 0.2) is 0 Å². The zero-order valence-corrected chi connectivity index (χ0v) is 10.8. The molecular formula is C12H17ClN2O2. The Labute approximate surface area is 106 Å². The Hall–Kier alpha value is -1.26. The SMILES string of the molecule is CC(C)Oc1ccc(Cl)cc1C(=O)NCCN. The van der Waals surface area contributed by atoms with E-state index in [4.69, 9.17) is 22.1 Å². The van der Waals surface area contributed by atoms with Crippen LogP contribution in [0.25, 0.3) is 0 Å². The van der Waals surface area contributed by atoms with Gasteiger partial charge >= 0.3 is 0 Å². The summed E-state index contributed by atoms with van der Waals surface area (Å²) in [6.07, 6.45) is -0.00256. The van der Waals surface area contributed by atoms with E-state index in [0.29, 0.717) is 29.4 Å². The minimum Gasteiger partial charge on any atom is -0.490 e. The molecule has 1 aromatic rings. The van der Waals surface area contributed by atoms with Gasteiger partial charge in [0, 0.05) is 18.1 Å². The van der Waals surface area contributed by atoms with Crippen molar-refractivity contribution < 1.29 is 9.53 Å². The van der Waals surface area contributed by atoms with Crippen LogP contribution in [0, 0.1) is 0 Å². The molecule has 0 aliphatic carbocycles. The first kappa shape index (κ1) is 13.8. The van der Waals surface area contributed by atoms with Crippen molar-refractivity contribution >= 4 is 17.5 Å². The number of halogens is 1. The van der Waals surface area contributed by atoms with Gasteiger partial charge in [-0.05, 0) is 32.0 Å². The Balaban J connectivity index is 2.93. The summed E-state index contributed by atoms with van der Waals surface area (Å²) in [5.74, 6) is 0.299. The van der Waals surface area contributed by atoms with Gasteiger partial charge in [-0.15, -0.1) is 0 Å². The second-order valence-corrected chi connectivity index (χ2v) is 4.29. The van der Waals surface area contributed by atoms with Gasteiger partial charge < -0.3 is 15.8 Å². The monoisotopic (exact) mass is 256 g/mol. The Morgan fingerprint density at radius 3 is 2.82 bits per heavy atom. The summed E-state index contributed by atoms with van der Waals surface area (Å²) in [5.41, 5.74) is 5.76. The predicted octanol–water partition coefficient (Wildman–Crippen LogP) is 1.82. The van der Waals surface area contributed by atoms with Crippen LogP contribution in [0.4, 0.5) is 0 Å². The van der Waals surface area contributed by atoms with E-state index in [0.717, 1.165) is 0 Å². The van der Waals surface area contributed by atoms with Crippen LogP contribution in [0.1, 0.15) is 24.2 Å². The number of hydrogen-bond donors (Lipinski definition) is 2. The van der Waals surface area contributed by atoms with Crippen molar-refractivity contribution in [2.75, 3.05) is 13.1 Å². The van der Waals surface area contributed by atoms with Crippen molar-refractivity contribution in [1.29, 1.82) is 0 Å². The molecule has 0 aliphatic heterocycles. The number of nitrogens with one attached hydrogen (secondary N) is 1. The maximum absolute atomic E-state index is 11.9. The van der Waals surface area contributed by atoms with Gasteiger partial charge in [-0.3, -0.25) is 4.79 Å². The lowest BCUT2D eigenvalue weighted by atomic mass is 10.2. The van der Waals surface area contributed by atoms with Crippen LogP contribution < -0.4 is 15.8 Å². The van der Waals surface area contributed by atoms with Gasteiger partial charge in [0.05, 0.1) is 11.7 Å². The highest BCUT2D eigenvalue weighted by Crippen LogP contribution is 2.23. The van der Waals surface area contributed by atoms with Gasteiger partial charge in [-0.2, -0.15) is 0 Å². The first-order valence-corrected chi connectivity index (χ1v) is 5.87. The third kappa shape index (κ3) is 4.24. The molecule has 0 saturated carbocycles. The summed E-state index contributed by atoms with van der Waals surface area (Å²) in [6.45, 7) is 4.62. The van der Waals surface area contributed by atoms with Gasteiger partial charge in [0.1, 0.15) is 5.75 Å². The van der Waals surface area contributed by atoms with Crippen molar-refractivity contribution in [3.8, 4) is 5.75 Å². The number of rotatable bonds is 5. The molecule has 94 valence electrons. The number of benzene rings is 1. The van der Waals surface area contributed by atoms with Crippen molar-refractivity contribution in [2.24, 2.45) is 5.73 Å². The third-order valence-corrected chi connectivity index (χ3v) is 2.21. The maximum Gasteiger partial charge on any atom is 0.255 e. The van der Waals surface area contributed by atoms with Crippen LogP contribution >= 0.6 is 11.6 Å². The summed E-state index contributed by atoms with van der Waals surface area (Å²) in [7, 11) is 0. The molecule has 3 N–H and O–H groups in total. The molecule has 0 bridgehead atoms. The molecule has 0 radical (unpaired) electrons. The summed E-state index contributed by atoms with van der Waals surface area (Å²) in [4.78, 5) is 11.9. The number of carbonyl (C=O) groups excluding carboxylic acids is 1. The van der Waals surface area contributed by atoms with Crippen LogP contribution in [0.2, 0.25) is 5.02 Å². The van der Waals surface area contributed by atoms with Crippen molar-refractivity contribution in [3.63, 3.8) is 0 Å². The highest BCUT2D eigenvalue weighted by molar-refractivity contribution is 6.31. The number of carbonyl (C=O) groups is 1.